The van der Waals surface area contributed by atoms with Crippen LogP contribution < -0.4 is 5.32 Å². The van der Waals surface area contributed by atoms with Crippen LogP contribution in [-0.2, 0) is 4.74 Å². The molecule has 0 radical (unpaired) electrons. The first-order valence-corrected chi connectivity index (χ1v) is 7.76. The summed E-state index contributed by atoms with van der Waals surface area (Å²) in [5.41, 5.74) is 0. The van der Waals surface area contributed by atoms with Gasteiger partial charge in [-0.05, 0) is 37.1 Å². The molecule has 0 fully saturated rings. The second-order valence-electron chi connectivity index (χ2n) is 4.69. The van der Waals surface area contributed by atoms with Crippen LogP contribution in [0, 0.1) is 11.7 Å². The van der Waals surface area contributed by atoms with Crippen molar-refractivity contribution in [3.63, 3.8) is 0 Å². The van der Waals surface area contributed by atoms with Gasteiger partial charge < -0.3 is 10.1 Å². The van der Waals surface area contributed by atoms with E-state index >= 15 is 0 Å². The zero-order valence-corrected chi connectivity index (χ0v) is 12.8. The van der Waals surface area contributed by atoms with E-state index in [0.29, 0.717) is 12.0 Å². The van der Waals surface area contributed by atoms with Crippen LogP contribution in [0.15, 0.2) is 29.2 Å². The fourth-order valence-electron chi connectivity index (χ4n) is 1.93. The number of hydrogen-bond acceptors (Lipinski definition) is 3. The molecule has 108 valence electrons. The van der Waals surface area contributed by atoms with Gasteiger partial charge in [-0.25, -0.2) is 4.39 Å². The number of nitrogens with one attached hydrogen (secondary N) is 1. The molecule has 0 amide bonds. The van der Waals surface area contributed by atoms with Gasteiger partial charge in [0.2, 0.25) is 0 Å². The van der Waals surface area contributed by atoms with Crippen molar-refractivity contribution in [3.05, 3.63) is 30.1 Å². The van der Waals surface area contributed by atoms with Gasteiger partial charge in [0.15, 0.2) is 0 Å². The fourth-order valence-corrected chi connectivity index (χ4v) is 3.12. The molecule has 2 unspecified atom stereocenters. The number of benzene rings is 1. The smallest absolute Gasteiger partial charge is 0.124 e. The van der Waals surface area contributed by atoms with Crippen LogP contribution in [0.5, 0.6) is 0 Å². The molecule has 0 aromatic heterocycles. The van der Waals surface area contributed by atoms with Gasteiger partial charge in [0.25, 0.3) is 0 Å². The average molecular weight is 285 g/mol. The Balaban J connectivity index is 2.48. The summed E-state index contributed by atoms with van der Waals surface area (Å²) in [4.78, 5) is 0.988. The van der Waals surface area contributed by atoms with Crippen molar-refractivity contribution in [2.45, 2.75) is 31.2 Å². The minimum absolute atomic E-state index is 0.169. The number of rotatable bonds is 9. The van der Waals surface area contributed by atoms with E-state index in [2.05, 4.69) is 19.2 Å². The third kappa shape index (κ3) is 6.41. The third-order valence-electron chi connectivity index (χ3n) is 3.16. The van der Waals surface area contributed by atoms with E-state index in [-0.39, 0.29) is 5.82 Å². The topological polar surface area (TPSA) is 21.3 Å². The van der Waals surface area contributed by atoms with Gasteiger partial charge >= 0.3 is 0 Å². The molecule has 0 aliphatic heterocycles. The first-order valence-electron chi connectivity index (χ1n) is 6.78. The standard InChI is InChI=1S/C15H24FNOS/c1-4-17-15(12(2)8-9-18-3)11-19-14-7-5-6-13(16)10-14/h5-7,10,12,15,17H,4,8-9,11H2,1-3H3. The fraction of sp³-hybridized carbons (Fsp3) is 0.600. The van der Waals surface area contributed by atoms with E-state index < -0.39 is 0 Å². The predicted octanol–water partition coefficient (Wildman–Crippen LogP) is 3.57. The molecule has 0 aliphatic carbocycles. The Hall–Kier alpha value is -0.580. The Morgan fingerprint density at radius 3 is 2.84 bits per heavy atom. The molecular weight excluding hydrogens is 261 g/mol. The van der Waals surface area contributed by atoms with Crippen molar-refractivity contribution < 1.29 is 9.13 Å². The van der Waals surface area contributed by atoms with Gasteiger partial charge in [-0.2, -0.15) is 0 Å². The summed E-state index contributed by atoms with van der Waals surface area (Å²) in [5, 5.41) is 3.51. The highest BCUT2D eigenvalue weighted by Gasteiger charge is 2.16. The van der Waals surface area contributed by atoms with Crippen molar-refractivity contribution in [2.75, 3.05) is 26.0 Å². The lowest BCUT2D eigenvalue weighted by molar-refractivity contribution is 0.172. The lowest BCUT2D eigenvalue weighted by Crippen LogP contribution is -2.37. The number of thioether (sulfide) groups is 1. The number of halogens is 1. The van der Waals surface area contributed by atoms with Crippen LogP contribution >= 0.6 is 11.8 Å². The molecule has 0 heterocycles. The zero-order valence-electron chi connectivity index (χ0n) is 12.0. The Kier molecular flexibility index (Phi) is 8.10. The molecule has 19 heavy (non-hydrogen) atoms. The van der Waals surface area contributed by atoms with Gasteiger partial charge in [-0.15, -0.1) is 11.8 Å². The Morgan fingerprint density at radius 2 is 2.21 bits per heavy atom. The van der Waals surface area contributed by atoms with Crippen LogP contribution in [0.3, 0.4) is 0 Å². The first kappa shape index (κ1) is 16.5. The highest BCUT2D eigenvalue weighted by Crippen LogP contribution is 2.22. The van der Waals surface area contributed by atoms with Gasteiger partial charge in [0, 0.05) is 30.4 Å². The monoisotopic (exact) mass is 285 g/mol. The lowest BCUT2D eigenvalue weighted by Gasteiger charge is -2.24. The van der Waals surface area contributed by atoms with E-state index in [1.807, 2.05) is 6.07 Å². The quantitative estimate of drug-likeness (QED) is 0.701. The van der Waals surface area contributed by atoms with Crippen molar-refractivity contribution >= 4 is 11.8 Å². The average Bonchev–Trinajstić information content (AvgIpc) is 2.41. The molecule has 2 nitrogen and oxygen atoms in total. The van der Waals surface area contributed by atoms with Crippen molar-refractivity contribution in [1.82, 2.24) is 5.32 Å². The second-order valence-corrected chi connectivity index (χ2v) is 5.78. The highest BCUT2D eigenvalue weighted by atomic mass is 32.2. The van der Waals surface area contributed by atoms with Gasteiger partial charge in [0.1, 0.15) is 5.82 Å². The molecule has 0 bridgehead atoms. The van der Waals surface area contributed by atoms with Crippen molar-refractivity contribution in [3.8, 4) is 0 Å². The van der Waals surface area contributed by atoms with E-state index in [1.54, 1.807) is 31.0 Å². The van der Waals surface area contributed by atoms with Crippen molar-refractivity contribution in [2.24, 2.45) is 5.92 Å². The maximum Gasteiger partial charge on any atom is 0.124 e. The lowest BCUT2D eigenvalue weighted by atomic mass is 10.0. The Labute approximate surface area is 120 Å². The van der Waals surface area contributed by atoms with Gasteiger partial charge in [0.05, 0.1) is 0 Å². The van der Waals surface area contributed by atoms with Crippen LogP contribution in [0.25, 0.3) is 0 Å². The van der Waals surface area contributed by atoms with E-state index in [4.69, 9.17) is 4.74 Å². The van der Waals surface area contributed by atoms with Crippen LogP contribution in [0.1, 0.15) is 20.3 Å². The molecular formula is C15H24FNOS. The normalized spacial score (nSPS) is 14.3. The number of hydrogen-bond donors (Lipinski definition) is 1. The first-order chi connectivity index (χ1) is 9.17. The second kappa shape index (κ2) is 9.34. The predicted molar refractivity (Wildman–Crippen MR) is 80.2 cm³/mol. The summed E-state index contributed by atoms with van der Waals surface area (Å²) in [7, 11) is 1.73. The molecule has 1 rings (SSSR count). The summed E-state index contributed by atoms with van der Waals surface area (Å²) < 4.78 is 18.3. The number of ether oxygens (including phenoxy) is 1. The van der Waals surface area contributed by atoms with E-state index in [1.165, 1.54) is 6.07 Å². The van der Waals surface area contributed by atoms with E-state index in [9.17, 15) is 4.39 Å². The van der Waals surface area contributed by atoms with E-state index in [0.717, 1.165) is 30.2 Å². The molecule has 0 aliphatic rings. The third-order valence-corrected chi connectivity index (χ3v) is 4.27. The molecule has 2 atom stereocenters. The van der Waals surface area contributed by atoms with Crippen LogP contribution in [-0.4, -0.2) is 32.1 Å². The molecule has 0 saturated carbocycles. The minimum Gasteiger partial charge on any atom is -0.385 e. The Morgan fingerprint density at radius 1 is 1.42 bits per heavy atom. The molecule has 0 saturated heterocycles. The van der Waals surface area contributed by atoms with Crippen LogP contribution in [0.4, 0.5) is 4.39 Å². The van der Waals surface area contributed by atoms with Gasteiger partial charge in [-0.1, -0.05) is 19.9 Å². The molecule has 4 heteroatoms. The largest absolute Gasteiger partial charge is 0.385 e. The molecule has 1 N–H and O–H groups in total. The minimum atomic E-state index is -0.169. The summed E-state index contributed by atoms with van der Waals surface area (Å²) in [5.74, 6) is 1.32. The molecule has 1 aromatic rings. The zero-order chi connectivity index (χ0) is 14.1. The molecule has 0 spiro atoms. The van der Waals surface area contributed by atoms with Crippen molar-refractivity contribution in [1.29, 1.82) is 0 Å². The summed E-state index contributed by atoms with van der Waals surface area (Å²) >= 11 is 1.70. The summed E-state index contributed by atoms with van der Waals surface area (Å²) in [6, 6.07) is 7.21. The maximum atomic E-state index is 13.1. The Bertz CT molecular complexity index is 362. The SMILES string of the molecule is CCNC(CSc1cccc(F)c1)C(C)CCOC. The summed E-state index contributed by atoms with van der Waals surface area (Å²) in [6.07, 6.45) is 1.04. The van der Waals surface area contributed by atoms with Gasteiger partial charge in [-0.3, -0.25) is 0 Å². The molecule has 1 aromatic carbocycles. The number of methoxy groups -OCH3 is 1. The van der Waals surface area contributed by atoms with Crippen LogP contribution in [0.2, 0.25) is 0 Å². The maximum absolute atomic E-state index is 13.1. The highest BCUT2D eigenvalue weighted by molar-refractivity contribution is 7.99. The summed E-state index contributed by atoms with van der Waals surface area (Å²) in [6.45, 7) is 6.08.